The fourth-order valence-electron chi connectivity index (χ4n) is 2.70. The van der Waals surface area contributed by atoms with Crippen LogP contribution in [-0.4, -0.2) is 74.5 Å². The van der Waals surface area contributed by atoms with Gasteiger partial charge in [-0.25, -0.2) is 0 Å². The molecular weight excluding hydrogens is 282 g/mol. The first-order valence-electron chi connectivity index (χ1n) is 7.68. The van der Waals surface area contributed by atoms with Crippen molar-refractivity contribution in [2.24, 2.45) is 0 Å². The maximum absolute atomic E-state index is 12.2. The molecular formula is C16H23N3O3. The van der Waals surface area contributed by atoms with Crippen molar-refractivity contribution in [3.05, 3.63) is 29.8 Å². The van der Waals surface area contributed by atoms with Crippen molar-refractivity contribution in [1.82, 2.24) is 10.2 Å². The molecule has 0 saturated carbocycles. The monoisotopic (exact) mass is 305 g/mol. The fraction of sp³-hybridized carbons (Fsp3) is 0.562. The number of hydrogen-bond acceptors (Lipinski definition) is 5. The van der Waals surface area contributed by atoms with Crippen molar-refractivity contribution in [2.75, 3.05) is 57.9 Å². The van der Waals surface area contributed by atoms with E-state index in [0.717, 1.165) is 31.9 Å². The predicted octanol–water partition coefficient (Wildman–Crippen LogP) is -0.0705. The summed E-state index contributed by atoms with van der Waals surface area (Å²) in [7, 11) is 2.12. The molecule has 0 atom stereocenters. The molecule has 2 fully saturated rings. The van der Waals surface area contributed by atoms with Crippen molar-refractivity contribution in [3.63, 3.8) is 0 Å². The second-order valence-electron chi connectivity index (χ2n) is 6.24. The highest BCUT2D eigenvalue weighted by Crippen LogP contribution is 2.19. The molecule has 1 aromatic rings. The Labute approximate surface area is 130 Å². The lowest BCUT2D eigenvalue weighted by Gasteiger charge is -2.36. The average Bonchev–Trinajstić information content (AvgIpc) is 2.51. The molecule has 2 N–H and O–H groups in total. The molecule has 0 spiro atoms. The van der Waals surface area contributed by atoms with Crippen molar-refractivity contribution >= 4 is 11.6 Å². The highest BCUT2D eigenvalue weighted by molar-refractivity contribution is 5.95. The van der Waals surface area contributed by atoms with Crippen LogP contribution >= 0.6 is 0 Å². The Bertz CT molecular complexity index is 537. The third-order valence-electron chi connectivity index (χ3n) is 4.30. The van der Waals surface area contributed by atoms with E-state index in [1.165, 1.54) is 0 Å². The Kier molecular flexibility index (Phi) is 4.33. The Morgan fingerprint density at radius 3 is 2.68 bits per heavy atom. The van der Waals surface area contributed by atoms with Crippen LogP contribution < -0.4 is 10.2 Å². The second kappa shape index (κ2) is 6.24. The molecule has 22 heavy (non-hydrogen) atoms. The zero-order valence-corrected chi connectivity index (χ0v) is 12.9. The minimum Gasteiger partial charge on any atom is -0.383 e. The maximum Gasteiger partial charge on any atom is 0.251 e. The molecule has 2 heterocycles. The fourth-order valence-corrected chi connectivity index (χ4v) is 2.70. The number of anilines is 1. The topological polar surface area (TPSA) is 65.0 Å². The van der Waals surface area contributed by atoms with Gasteiger partial charge in [0.25, 0.3) is 5.91 Å². The zero-order valence-electron chi connectivity index (χ0n) is 12.9. The van der Waals surface area contributed by atoms with Crippen molar-refractivity contribution in [2.45, 2.75) is 5.60 Å². The zero-order chi connectivity index (χ0) is 15.6. The van der Waals surface area contributed by atoms with E-state index < -0.39 is 5.60 Å². The lowest BCUT2D eigenvalue weighted by Crippen LogP contribution is -2.56. The van der Waals surface area contributed by atoms with Crippen LogP contribution in [0, 0.1) is 0 Å². The number of carbonyl (C=O) groups is 1. The van der Waals surface area contributed by atoms with Gasteiger partial charge in [0.05, 0.1) is 19.8 Å². The van der Waals surface area contributed by atoms with E-state index in [9.17, 15) is 9.90 Å². The first-order chi connectivity index (χ1) is 10.6. The highest BCUT2D eigenvalue weighted by atomic mass is 16.5. The summed E-state index contributed by atoms with van der Waals surface area (Å²) in [5, 5.41) is 12.7. The third-order valence-corrected chi connectivity index (χ3v) is 4.30. The largest absolute Gasteiger partial charge is 0.383 e. The Morgan fingerprint density at radius 2 is 2.05 bits per heavy atom. The molecule has 6 heteroatoms. The summed E-state index contributed by atoms with van der Waals surface area (Å²) in [6, 6.07) is 7.66. The number of likely N-dealkylation sites (N-methyl/N-ethyl adjacent to an activating group) is 1. The van der Waals surface area contributed by atoms with Gasteiger partial charge in [-0.1, -0.05) is 6.07 Å². The standard InChI is InChI=1S/C16H23N3O3/c1-18-5-7-19(8-6-18)14-4-2-3-13(9-14)15(20)17-10-16(21)11-22-12-16/h2-4,9,21H,5-8,10-12H2,1H3,(H,17,20). The quantitative estimate of drug-likeness (QED) is 0.815. The first kappa shape index (κ1) is 15.3. The van der Waals surface area contributed by atoms with Gasteiger partial charge >= 0.3 is 0 Å². The van der Waals surface area contributed by atoms with E-state index >= 15 is 0 Å². The van der Waals surface area contributed by atoms with E-state index in [-0.39, 0.29) is 25.7 Å². The number of piperazine rings is 1. The van der Waals surface area contributed by atoms with Gasteiger partial charge in [-0.05, 0) is 25.2 Å². The van der Waals surface area contributed by atoms with Crippen molar-refractivity contribution in [3.8, 4) is 0 Å². The Hall–Kier alpha value is -1.63. The lowest BCUT2D eigenvalue weighted by atomic mass is 10.0. The summed E-state index contributed by atoms with van der Waals surface area (Å²) in [6.45, 7) is 4.80. The van der Waals surface area contributed by atoms with Gasteiger partial charge in [-0.3, -0.25) is 4.79 Å². The van der Waals surface area contributed by atoms with Crippen LogP contribution in [0.1, 0.15) is 10.4 Å². The summed E-state index contributed by atoms with van der Waals surface area (Å²) in [6.07, 6.45) is 0. The molecule has 0 aromatic heterocycles. The number of carbonyl (C=O) groups excluding carboxylic acids is 1. The van der Waals surface area contributed by atoms with Gasteiger partial charge in [0, 0.05) is 37.4 Å². The Balaban J connectivity index is 1.61. The Morgan fingerprint density at radius 1 is 1.32 bits per heavy atom. The number of nitrogens with zero attached hydrogens (tertiary/aromatic N) is 2. The molecule has 0 radical (unpaired) electrons. The number of nitrogens with one attached hydrogen (secondary N) is 1. The lowest BCUT2D eigenvalue weighted by molar-refractivity contribution is -0.173. The van der Waals surface area contributed by atoms with Gasteiger partial charge in [0.1, 0.15) is 5.60 Å². The van der Waals surface area contributed by atoms with Crippen molar-refractivity contribution in [1.29, 1.82) is 0 Å². The van der Waals surface area contributed by atoms with Crippen LogP contribution in [0.15, 0.2) is 24.3 Å². The summed E-state index contributed by atoms with van der Waals surface area (Å²) in [5.41, 5.74) is 0.803. The molecule has 1 aromatic carbocycles. The van der Waals surface area contributed by atoms with E-state index in [2.05, 4.69) is 22.2 Å². The van der Waals surface area contributed by atoms with Crippen LogP contribution in [0.4, 0.5) is 5.69 Å². The van der Waals surface area contributed by atoms with Gasteiger partial charge in [-0.15, -0.1) is 0 Å². The van der Waals surface area contributed by atoms with Gasteiger partial charge < -0.3 is 25.0 Å². The van der Waals surface area contributed by atoms with E-state index in [1.54, 1.807) is 6.07 Å². The van der Waals surface area contributed by atoms with Gasteiger partial charge in [0.15, 0.2) is 0 Å². The highest BCUT2D eigenvalue weighted by Gasteiger charge is 2.36. The number of benzene rings is 1. The molecule has 1 amide bonds. The number of ether oxygens (including phenoxy) is 1. The normalized spacial score (nSPS) is 21.3. The van der Waals surface area contributed by atoms with Crippen molar-refractivity contribution < 1.29 is 14.6 Å². The first-order valence-corrected chi connectivity index (χ1v) is 7.68. The molecule has 120 valence electrons. The van der Waals surface area contributed by atoms with Gasteiger partial charge in [0.2, 0.25) is 0 Å². The molecule has 6 nitrogen and oxygen atoms in total. The van der Waals surface area contributed by atoms with Crippen LogP contribution in [-0.2, 0) is 4.74 Å². The summed E-state index contributed by atoms with van der Waals surface area (Å²) < 4.78 is 4.97. The minimum absolute atomic E-state index is 0.156. The molecule has 3 rings (SSSR count). The van der Waals surface area contributed by atoms with E-state index in [0.29, 0.717) is 5.56 Å². The molecule has 2 aliphatic rings. The van der Waals surface area contributed by atoms with Crippen LogP contribution in [0.25, 0.3) is 0 Å². The van der Waals surface area contributed by atoms with E-state index in [4.69, 9.17) is 4.74 Å². The SMILES string of the molecule is CN1CCN(c2cccc(C(=O)NCC3(O)COC3)c2)CC1. The maximum atomic E-state index is 12.2. The summed E-state index contributed by atoms with van der Waals surface area (Å²) in [5.74, 6) is -0.156. The molecule has 2 saturated heterocycles. The van der Waals surface area contributed by atoms with Crippen LogP contribution in [0.5, 0.6) is 0 Å². The summed E-state index contributed by atoms with van der Waals surface area (Å²) >= 11 is 0. The number of aliphatic hydroxyl groups is 1. The molecule has 0 bridgehead atoms. The second-order valence-corrected chi connectivity index (χ2v) is 6.24. The molecule has 0 aliphatic carbocycles. The number of amides is 1. The summed E-state index contributed by atoms with van der Waals surface area (Å²) in [4.78, 5) is 16.8. The van der Waals surface area contributed by atoms with Gasteiger partial charge in [-0.2, -0.15) is 0 Å². The van der Waals surface area contributed by atoms with Crippen LogP contribution in [0.3, 0.4) is 0 Å². The van der Waals surface area contributed by atoms with Crippen LogP contribution in [0.2, 0.25) is 0 Å². The average molecular weight is 305 g/mol. The third kappa shape index (κ3) is 3.40. The molecule has 0 unspecified atom stereocenters. The van der Waals surface area contributed by atoms with E-state index in [1.807, 2.05) is 18.2 Å². The smallest absolute Gasteiger partial charge is 0.251 e. The minimum atomic E-state index is -0.898. The number of rotatable bonds is 4. The predicted molar refractivity (Wildman–Crippen MR) is 84.3 cm³/mol. The number of hydrogen-bond donors (Lipinski definition) is 2. The molecule has 2 aliphatic heterocycles.